The fourth-order valence-corrected chi connectivity index (χ4v) is 8.53. The van der Waals surface area contributed by atoms with Crippen molar-refractivity contribution < 1.29 is 29.4 Å². The molecule has 2 aliphatic heterocycles. The molecule has 2 aromatic carbocycles. The van der Waals surface area contributed by atoms with Gasteiger partial charge >= 0.3 is 0 Å². The number of ether oxygens (including phenoxy) is 1. The van der Waals surface area contributed by atoms with Crippen molar-refractivity contribution in [3.63, 3.8) is 0 Å². The maximum absolute atomic E-state index is 14.3. The maximum atomic E-state index is 14.3. The molecule has 0 spiro atoms. The van der Waals surface area contributed by atoms with E-state index in [0.29, 0.717) is 23.1 Å². The van der Waals surface area contributed by atoms with Gasteiger partial charge < -0.3 is 35.4 Å². The van der Waals surface area contributed by atoms with Crippen molar-refractivity contribution in [3.05, 3.63) is 47.5 Å². The third-order valence-corrected chi connectivity index (χ3v) is 12.5. The Kier molecular flexibility index (Phi) is 12.1. The summed E-state index contributed by atoms with van der Waals surface area (Å²) in [6.45, 7) is 14.6. The highest BCUT2D eigenvalue weighted by Gasteiger charge is 2.51. The van der Waals surface area contributed by atoms with E-state index in [1.807, 2.05) is 55.4 Å². The molecular weight excluding hydrogens is 646 g/mol. The number of likely N-dealkylation sites (tertiary alicyclic amines) is 1. The number of methoxy groups -OCH3 is 1. The van der Waals surface area contributed by atoms with Crippen LogP contribution in [-0.2, 0) is 16.2 Å². The summed E-state index contributed by atoms with van der Waals surface area (Å²) in [7, 11) is 7.57. The number of likely N-dealkylation sites (N-methyl/N-ethyl adjacent to an activating group) is 1. The van der Waals surface area contributed by atoms with Crippen LogP contribution in [0, 0.1) is 29.1 Å². The lowest BCUT2D eigenvalue weighted by Gasteiger charge is -2.50. The number of aliphatic hydroxyl groups is 2. The second-order valence-electron chi connectivity index (χ2n) is 16.3. The van der Waals surface area contributed by atoms with Gasteiger partial charge in [0.15, 0.2) is 0 Å². The molecule has 282 valence electrons. The van der Waals surface area contributed by atoms with Gasteiger partial charge in [-0.25, -0.2) is 0 Å². The Labute approximate surface area is 304 Å². The van der Waals surface area contributed by atoms with Gasteiger partial charge in [0.05, 0.1) is 26.4 Å². The van der Waals surface area contributed by atoms with Crippen LogP contribution >= 0.6 is 0 Å². The highest BCUT2D eigenvalue weighted by molar-refractivity contribution is 5.97. The van der Waals surface area contributed by atoms with Gasteiger partial charge in [0.1, 0.15) is 17.9 Å². The van der Waals surface area contributed by atoms with Gasteiger partial charge in [-0.2, -0.15) is 5.06 Å². The van der Waals surface area contributed by atoms with Crippen LogP contribution in [0.15, 0.2) is 36.4 Å². The zero-order valence-corrected chi connectivity index (χ0v) is 32.3. The average Bonchev–Trinajstić information content (AvgIpc) is 3.68. The molecule has 11 heteroatoms. The van der Waals surface area contributed by atoms with E-state index in [2.05, 4.69) is 57.2 Å². The summed E-state index contributed by atoms with van der Waals surface area (Å²) < 4.78 is 6.06. The van der Waals surface area contributed by atoms with Gasteiger partial charge in [-0.15, -0.1) is 0 Å². The molecule has 3 fully saturated rings. The molecule has 1 saturated carbocycles. The number of nitrogens with zero attached hydrogens (tertiary/aromatic N) is 3. The molecule has 4 N–H and O–H groups in total. The molecule has 0 bridgehead atoms. The van der Waals surface area contributed by atoms with Gasteiger partial charge in [-0.05, 0) is 80.3 Å². The van der Waals surface area contributed by atoms with Gasteiger partial charge in [0.2, 0.25) is 5.91 Å². The zero-order valence-electron chi connectivity index (χ0n) is 32.3. The Morgan fingerprint density at radius 2 is 1.86 bits per heavy atom. The topological polar surface area (TPSA) is 127 Å². The van der Waals surface area contributed by atoms with Crippen LogP contribution in [0.3, 0.4) is 0 Å². The second kappa shape index (κ2) is 15.8. The average molecular weight is 708 g/mol. The van der Waals surface area contributed by atoms with Gasteiger partial charge in [-0.1, -0.05) is 52.8 Å². The molecule has 2 aromatic rings. The molecule has 2 saturated heterocycles. The number of hydroxylamine groups is 2. The SMILES string of the molecule is COc1c(CN2O[C@@H](CO)[C@@H]([C@H](C)O)[C@H]2C(=O)N[C@H]2C[C@@H](C)C(C)(C)[C@@H](C)[C@@H]2C)cccc1-c1cc(C(=O)N[C@@H]2CCN(C)C2)cc(N(C)C)c1. The quantitative estimate of drug-likeness (QED) is 0.273. The summed E-state index contributed by atoms with van der Waals surface area (Å²) >= 11 is 0. The number of hydrogen-bond donors (Lipinski definition) is 4. The van der Waals surface area contributed by atoms with Crippen LogP contribution in [0.1, 0.15) is 70.3 Å². The van der Waals surface area contributed by atoms with E-state index in [9.17, 15) is 19.8 Å². The molecule has 0 unspecified atom stereocenters. The van der Waals surface area contributed by atoms with Crippen LogP contribution in [0.25, 0.3) is 11.1 Å². The summed E-state index contributed by atoms with van der Waals surface area (Å²) in [6.07, 6.45) is 0.117. The highest BCUT2D eigenvalue weighted by Crippen LogP contribution is 2.47. The minimum Gasteiger partial charge on any atom is -0.496 e. The van der Waals surface area contributed by atoms with Crippen molar-refractivity contribution in [2.45, 2.75) is 91.3 Å². The second-order valence-corrected chi connectivity index (χ2v) is 16.3. The molecule has 1 aliphatic carbocycles. The van der Waals surface area contributed by atoms with E-state index in [0.717, 1.165) is 48.3 Å². The normalized spacial score (nSPS) is 30.2. The number of aliphatic hydroxyl groups excluding tert-OH is 2. The number of nitrogens with one attached hydrogen (secondary N) is 2. The highest BCUT2D eigenvalue weighted by atomic mass is 16.7. The Balaban J connectivity index is 1.46. The van der Waals surface area contributed by atoms with E-state index in [1.54, 1.807) is 19.1 Å². The number of para-hydroxylation sites is 1. The van der Waals surface area contributed by atoms with Gasteiger partial charge in [0.25, 0.3) is 5.91 Å². The Morgan fingerprint density at radius 1 is 1.14 bits per heavy atom. The number of rotatable bonds is 11. The first-order chi connectivity index (χ1) is 24.1. The lowest BCUT2D eigenvalue weighted by molar-refractivity contribution is -0.182. The minimum atomic E-state index is -0.903. The standard InChI is InChI=1S/C40H61N5O6/c1-23-16-33(24(2)25(3)40(23,5)6)42-39(49)36-35(26(4)47)34(22-46)51-45(36)20-27-12-11-13-32(37(27)50-10)28-17-29(19-31(18-28)43(7)8)38(48)41-30-14-15-44(9)21-30/h11-13,17-19,23-26,30,33-36,46-47H,14-16,20-22H2,1-10H3,(H,41,48)(H,42,49)/t23-,24+,25+,26+,30-,33+,34+,35-,36+/m1/s1. The van der Waals surface area contributed by atoms with Crippen molar-refractivity contribution in [1.82, 2.24) is 20.6 Å². The van der Waals surface area contributed by atoms with Crippen molar-refractivity contribution in [3.8, 4) is 16.9 Å². The summed E-state index contributed by atoms with van der Waals surface area (Å²) in [5.41, 5.74) is 3.97. The lowest BCUT2D eigenvalue weighted by atomic mass is 9.58. The minimum absolute atomic E-state index is 0.0250. The van der Waals surface area contributed by atoms with Crippen molar-refractivity contribution in [2.24, 2.45) is 29.1 Å². The number of hydrogen-bond acceptors (Lipinski definition) is 9. The molecule has 2 heterocycles. The Morgan fingerprint density at radius 3 is 2.47 bits per heavy atom. The number of amides is 2. The van der Waals surface area contributed by atoms with Crippen LogP contribution < -0.4 is 20.3 Å². The molecule has 0 aromatic heterocycles. The predicted molar refractivity (Wildman–Crippen MR) is 200 cm³/mol. The molecule has 51 heavy (non-hydrogen) atoms. The van der Waals surface area contributed by atoms with E-state index in [-0.39, 0.29) is 48.4 Å². The number of carbonyl (C=O) groups excluding carboxylic acids is 2. The molecular formula is C40H61N5O6. The summed E-state index contributed by atoms with van der Waals surface area (Å²) in [6, 6.07) is 10.9. The van der Waals surface area contributed by atoms with Crippen molar-refractivity contribution in [1.29, 1.82) is 0 Å². The third-order valence-electron chi connectivity index (χ3n) is 12.5. The van der Waals surface area contributed by atoms with Crippen LogP contribution in [0.5, 0.6) is 5.75 Å². The first-order valence-corrected chi connectivity index (χ1v) is 18.6. The van der Waals surface area contributed by atoms with Gasteiger partial charge in [0, 0.05) is 61.0 Å². The van der Waals surface area contributed by atoms with Gasteiger partial charge in [-0.3, -0.25) is 14.4 Å². The maximum Gasteiger partial charge on any atom is 0.251 e. The Hall–Kier alpha value is -3.22. The summed E-state index contributed by atoms with van der Waals surface area (Å²) in [5.74, 6) is 0.680. The summed E-state index contributed by atoms with van der Waals surface area (Å²) in [5, 5.41) is 29.4. The first kappa shape index (κ1) is 39.0. The van der Waals surface area contributed by atoms with E-state index in [1.165, 1.54) is 0 Å². The lowest BCUT2D eigenvalue weighted by Crippen LogP contribution is -2.56. The van der Waals surface area contributed by atoms with Crippen molar-refractivity contribution >= 4 is 17.5 Å². The molecule has 3 aliphatic rings. The smallest absolute Gasteiger partial charge is 0.251 e. The van der Waals surface area contributed by atoms with E-state index < -0.39 is 24.2 Å². The van der Waals surface area contributed by atoms with Crippen molar-refractivity contribution in [2.75, 3.05) is 52.8 Å². The molecule has 9 atom stereocenters. The van der Waals surface area contributed by atoms with Crippen LogP contribution in [0.2, 0.25) is 0 Å². The first-order valence-electron chi connectivity index (χ1n) is 18.6. The molecule has 5 rings (SSSR count). The fourth-order valence-electron chi connectivity index (χ4n) is 8.53. The molecule has 2 amide bonds. The Bertz CT molecular complexity index is 1550. The number of benzene rings is 2. The number of carbonyl (C=O) groups is 2. The fraction of sp³-hybridized carbons (Fsp3) is 0.650. The summed E-state index contributed by atoms with van der Waals surface area (Å²) in [4.78, 5) is 38.3. The predicted octanol–water partition coefficient (Wildman–Crippen LogP) is 4.16. The molecule has 0 radical (unpaired) electrons. The molecule has 11 nitrogen and oxygen atoms in total. The van der Waals surface area contributed by atoms with E-state index >= 15 is 0 Å². The number of anilines is 1. The zero-order chi connectivity index (χ0) is 37.4. The largest absolute Gasteiger partial charge is 0.496 e. The monoisotopic (exact) mass is 707 g/mol. The van der Waals surface area contributed by atoms with E-state index in [4.69, 9.17) is 9.57 Å². The van der Waals surface area contributed by atoms with Crippen LogP contribution in [-0.4, -0.2) is 110 Å². The van der Waals surface area contributed by atoms with Crippen LogP contribution in [0.4, 0.5) is 5.69 Å². The third kappa shape index (κ3) is 8.08.